The van der Waals surface area contributed by atoms with Gasteiger partial charge in [0, 0.05) is 23.3 Å². The van der Waals surface area contributed by atoms with E-state index < -0.39 is 6.10 Å². The maximum Gasteiger partial charge on any atom is 0.135 e. The normalized spacial score (nSPS) is 12.7. The Balaban J connectivity index is 2.09. The molecule has 0 aliphatic rings. The standard InChI is InChI=1S/C11H11BrN2O/c12-9-3-1-2-8(6-9)7-10(15)11-13-4-5-14-11/h1-6,10,15H,7H2,(H,13,14). The third-order valence-electron chi connectivity index (χ3n) is 2.15. The van der Waals surface area contributed by atoms with Crippen LogP contribution in [0.4, 0.5) is 0 Å². The number of aliphatic hydroxyl groups excluding tert-OH is 1. The lowest BCUT2D eigenvalue weighted by Gasteiger charge is -2.07. The average molecular weight is 267 g/mol. The number of aromatic nitrogens is 2. The fourth-order valence-corrected chi connectivity index (χ4v) is 1.89. The number of aliphatic hydroxyl groups is 1. The van der Waals surface area contributed by atoms with Gasteiger partial charge in [0.25, 0.3) is 0 Å². The van der Waals surface area contributed by atoms with Crippen molar-refractivity contribution in [3.8, 4) is 0 Å². The van der Waals surface area contributed by atoms with E-state index in [2.05, 4.69) is 25.9 Å². The molecule has 2 aromatic rings. The summed E-state index contributed by atoms with van der Waals surface area (Å²) in [7, 11) is 0. The number of benzene rings is 1. The molecule has 0 aliphatic carbocycles. The van der Waals surface area contributed by atoms with Crippen molar-refractivity contribution in [3.05, 3.63) is 52.5 Å². The van der Waals surface area contributed by atoms with Crippen molar-refractivity contribution in [1.82, 2.24) is 9.97 Å². The Hall–Kier alpha value is -1.13. The van der Waals surface area contributed by atoms with E-state index in [1.807, 2.05) is 24.3 Å². The fourth-order valence-electron chi connectivity index (χ4n) is 1.44. The summed E-state index contributed by atoms with van der Waals surface area (Å²) >= 11 is 3.40. The number of imidazole rings is 1. The van der Waals surface area contributed by atoms with Gasteiger partial charge in [0.1, 0.15) is 11.9 Å². The molecule has 3 nitrogen and oxygen atoms in total. The summed E-state index contributed by atoms with van der Waals surface area (Å²) in [6.07, 6.45) is 3.33. The Kier molecular flexibility index (Phi) is 3.18. The zero-order chi connectivity index (χ0) is 10.7. The lowest BCUT2D eigenvalue weighted by Crippen LogP contribution is -2.03. The number of nitrogens with zero attached hydrogens (tertiary/aromatic N) is 1. The zero-order valence-corrected chi connectivity index (χ0v) is 9.61. The number of hydrogen-bond donors (Lipinski definition) is 2. The molecule has 1 atom stereocenters. The molecule has 1 aromatic carbocycles. The van der Waals surface area contributed by atoms with Crippen LogP contribution in [0.1, 0.15) is 17.5 Å². The molecule has 4 heteroatoms. The summed E-state index contributed by atoms with van der Waals surface area (Å²) in [4.78, 5) is 6.92. The molecular weight excluding hydrogens is 256 g/mol. The van der Waals surface area contributed by atoms with Gasteiger partial charge in [0.2, 0.25) is 0 Å². The highest BCUT2D eigenvalue weighted by Gasteiger charge is 2.10. The molecule has 0 spiro atoms. The molecule has 1 heterocycles. The van der Waals surface area contributed by atoms with Gasteiger partial charge < -0.3 is 10.1 Å². The Morgan fingerprint density at radius 2 is 2.33 bits per heavy atom. The van der Waals surface area contributed by atoms with E-state index in [9.17, 15) is 5.11 Å². The van der Waals surface area contributed by atoms with Gasteiger partial charge in [-0.15, -0.1) is 0 Å². The van der Waals surface area contributed by atoms with E-state index in [0.29, 0.717) is 12.2 Å². The van der Waals surface area contributed by atoms with Crippen molar-refractivity contribution in [2.45, 2.75) is 12.5 Å². The Morgan fingerprint density at radius 3 is 3.00 bits per heavy atom. The third-order valence-corrected chi connectivity index (χ3v) is 2.65. The first kappa shape index (κ1) is 10.4. The number of H-pyrrole nitrogens is 1. The third kappa shape index (κ3) is 2.67. The molecule has 0 saturated carbocycles. The van der Waals surface area contributed by atoms with Gasteiger partial charge in [-0.25, -0.2) is 4.98 Å². The molecule has 2 rings (SSSR count). The van der Waals surface area contributed by atoms with Gasteiger partial charge in [0.05, 0.1) is 0 Å². The minimum Gasteiger partial charge on any atom is -0.385 e. The van der Waals surface area contributed by atoms with Gasteiger partial charge in [-0.1, -0.05) is 28.1 Å². The van der Waals surface area contributed by atoms with Crippen molar-refractivity contribution in [1.29, 1.82) is 0 Å². The highest BCUT2D eigenvalue weighted by Crippen LogP contribution is 2.17. The SMILES string of the molecule is OC(Cc1cccc(Br)c1)c1ncc[nH]1. The van der Waals surface area contributed by atoms with Gasteiger partial charge in [-0.05, 0) is 17.7 Å². The molecule has 78 valence electrons. The Labute approximate surface area is 96.3 Å². The van der Waals surface area contributed by atoms with Gasteiger partial charge in [-0.3, -0.25) is 0 Å². The smallest absolute Gasteiger partial charge is 0.135 e. The van der Waals surface area contributed by atoms with E-state index in [4.69, 9.17) is 0 Å². The topological polar surface area (TPSA) is 48.9 Å². The summed E-state index contributed by atoms with van der Waals surface area (Å²) < 4.78 is 1.02. The maximum atomic E-state index is 9.84. The summed E-state index contributed by atoms with van der Waals surface area (Å²) in [5.74, 6) is 0.606. The quantitative estimate of drug-likeness (QED) is 0.897. The van der Waals surface area contributed by atoms with Crippen LogP contribution in [0.3, 0.4) is 0 Å². The second-order valence-electron chi connectivity index (χ2n) is 3.32. The van der Waals surface area contributed by atoms with E-state index >= 15 is 0 Å². The van der Waals surface area contributed by atoms with E-state index in [1.165, 1.54) is 0 Å². The van der Waals surface area contributed by atoms with Crippen LogP contribution in [0.25, 0.3) is 0 Å². The largest absolute Gasteiger partial charge is 0.385 e. The van der Waals surface area contributed by atoms with E-state index in [-0.39, 0.29) is 0 Å². The number of rotatable bonds is 3. The second kappa shape index (κ2) is 4.59. The monoisotopic (exact) mass is 266 g/mol. The number of nitrogens with one attached hydrogen (secondary N) is 1. The number of halogens is 1. The lowest BCUT2D eigenvalue weighted by atomic mass is 10.1. The van der Waals surface area contributed by atoms with Crippen LogP contribution in [0, 0.1) is 0 Å². The predicted octanol–water partition coefficient (Wildman–Crippen LogP) is 2.45. The van der Waals surface area contributed by atoms with E-state index in [1.54, 1.807) is 12.4 Å². The Morgan fingerprint density at radius 1 is 1.47 bits per heavy atom. The molecule has 0 fully saturated rings. The van der Waals surface area contributed by atoms with Gasteiger partial charge in [0.15, 0.2) is 0 Å². The molecule has 15 heavy (non-hydrogen) atoms. The number of aromatic amines is 1. The van der Waals surface area contributed by atoms with E-state index in [0.717, 1.165) is 10.0 Å². The summed E-state index contributed by atoms with van der Waals surface area (Å²) in [5.41, 5.74) is 1.08. The second-order valence-corrected chi connectivity index (χ2v) is 4.24. The highest BCUT2D eigenvalue weighted by atomic mass is 79.9. The van der Waals surface area contributed by atoms with Crippen LogP contribution in [-0.4, -0.2) is 15.1 Å². The van der Waals surface area contributed by atoms with Crippen LogP contribution < -0.4 is 0 Å². The minimum absolute atomic E-state index is 0.562. The first-order chi connectivity index (χ1) is 7.25. The minimum atomic E-state index is -0.575. The lowest BCUT2D eigenvalue weighted by molar-refractivity contribution is 0.169. The van der Waals surface area contributed by atoms with Crippen LogP contribution in [0.5, 0.6) is 0 Å². The van der Waals surface area contributed by atoms with Crippen molar-refractivity contribution in [2.24, 2.45) is 0 Å². The maximum absolute atomic E-state index is 9.84. The molecule has 0 amide bonds. The predicted molar refractivity (Wildman–Crippen MR) is 61.4 cm³/mol. The van der Waals surface area contributed by atoms with Crippen LogP contribution in [-0.2, 0) is 6.42 Å². The zero-order valence-electron chi connectivity index (χ0n) is 8.02. The number of hydrogen-bond acceptors (Lipinski definition) is 2. The molecule has 0 radical (unpaired) electrons. The first-order valence-corrected chi connectivity index (χ1v) is 5.47. The van der Waals surface area contributed by atoms with Gasteiger partial charge >= 0.3 is 0 Å². The van der Waals surface area contributed by atoms with Gasteiger partial charge in [-0.2, -0.15) is 0 Å². The Bertz CT molecular complexity index is 428. The summed E-state index contributed by atoms with van der Waals surface area (Å²) in [5, 5.41) is 9.84. The van der Waals surface area contributed by atoms with Crippen LogP contribution in [0.15, 0.2) is 41.1 Å². The first-order valence-electron chi connectivity index (χ1n) is 4.67. The average Bonchev–Trinajstić information content (AvgIpc) is 2.70. The molecule has 0 aliphatic heterocycles. The fraction of sp³-hybridized carbons (Fsp3) is 0.182. The molecular formula is C11H11BrN2O. The van der Waals surface area contributed by atoms with Crippen molar-refractivity contribution in [3.63, 3.8) is 0 Å². The molecule has 0 bridgehead atoms. The summed E-state index contributed by atoms with van der Waals surface area (Å²) in [6.45, 7) is 0. The molecule has 1 aromatic heterocycles. The van der Waals surface area contributed by atoms with Crippen LogP contribution in [0.2, 0.25) is 0 Å². The molecule has 1 unspecified atom stereocenters. The van der Waals surface area contributed by atoms with Crippen LogP contribution >= 0.6 is 15.9 Å². The van der Waals surface area contributed by atoms with Crippen molar-refractivity contribution in [2.75, 3.05) is 0 Å². The summed E-state index contributed by atoms with van der Waals surface area (Å²) in [6, 6.07) is 7.89. The van der Waals surface area contributed by atoms with Crippen molar-refractivity contribution >= 4 is 15.9 Å². The van der Waals surface area contributed by atoms with Crippen molar-refractivity contribution < 1.29 is 5.11 Å². The molecule has 2 N–H and O–H groups in total. The highest BCUT2D eigenvalue weighted by molar-refractivity contribution is 9.10. The molecule has 0 saturated heterocycles.